The molecule has 0 radical (unpaired) electrons. The third-order valence-electron chi connectivity index (χ3n) is 2.45. The second-order valence-corrected chi connectivity index (χ2v) is 3.49. The molecule has 1 fully saturated rings. The summed E-state index contributed by atoms with van der Waals surface area (Å²) in [6, 6.07) is 3.05. The van der Waals surface area contributed by atoms with Crippen LogP contribution in [0.3, 0.4) is 0 Å². The first-order chi connectivity index (χ1) is 7.15. The van der Waals surface area contributed by atoms with Crippen molar-refractivity contribution >= 4 is 5.97 Å². The Balaban J connectivity index is 2.23. The third-order valence-corrected chi connectivity index (χ3v) is 2.45. The Hall–Kier alpha value is -1.33. The van der Waals surface area contributed by atoms with Crippen molar-refractivity contribution in [1.29, 1.82) is 0 Å². The van der Waals surface area contributed by atoms with Crippen LogP contribution in [0.4, 0.5) is 0 Å². The molecule has 0 aromatic carbocycles. The standard InChI is InChI=1S/C10H12O5/c1-13-9(11)7-2-3-8(15-7)10(12)4-5-14-6-10/h2-3,12H,4-6H2,1H3. The molecule has 5 nitrogen and oxygen atoms in total. The van der Waals surface area contributed by atoms with E-state index in [1.54, 1.807) is 6.07 Å². The van der Waals surface area contributed by atoms with E-state index in [1.165, 1.54) is 13.2 Å². The van der Waals surface area contributed by atoms with E-state index in [-0.39, 0.29) is 12.4 Å². The van der Waals surface area contributed by atoms with E-state index in [0.29, 0.717) is 18.8 Å². The molecule has 0 spiro atoms. The lowest BCUT2D eigenvalue weighted by molar-refractivity contribution is 0.00299. The second kappa shape index (κ2) is 3.67. The molecule has 15 heavy (non-hydrogen) atoms. The van der Waals surface area contributed by atoms with Crippen LogP contribution in [-0.2, 0) is 15.1 Å². The van der Waals surface area contributed by atoms with Crippen LogP contribution < -0.4 is 0 Å². The normalized spacial score (nSPS) is 25.5. The minimum Gasteiger partial charge on any atom is -0.463 e. The average Bonchev–Trinajstić information content (AvgIpc) is 2.85. The highest BCUT2D eigenvalue weighted by molar-refractivity contribution is 5.86. The molecule has 1 aliphatic rings. The van der Waals surface area contributed by atoms with E-state index in [4.69, 9.17) is 9.15 Å². The van der Waals surface area contributed by atoms with Crippen LogP contribution in [0.5, 0.6) is 0 Å². The Morgan fingerprint density at radius 3 is 3.00 bits per heavy atom. The van der Waals surface area contributed by atoms with Gasteiger partial charge >= 0.3 is 5.97 Å². The average molecular weight is 212 g/mol. The van der Waals surface area contributed by atoms with Crippen LogP contribution >= 0.6 is 0 Å². The summed E-state index contributed by atoms with van der Waals surface area (Å²) in [7, 11) is 1.28. The maximum Gasteiger partial charge on any atom is 0.373 e. The molecule has 5 heteroatoms. The maximum atomic E-state index is 11.1. The molecular formula is C10H12O5. The van der Waals surface area contributed by atoms with Gasteiger partial charge in [0.2, 0.25) is 5.76 Å². The van der Waals surface area contributed by atoms with Crippen molar-refractivity contribution in [3.8, 4) is 0 Å². The Labute approximate surface area is 86.6 Å². The predicted octanol–water partition coefficient (Wildman–Crippen LogP) is 0.674. The van der Waals surface area contributed by atoms with Gasteiger partial charge < -0.3 is 19.0 Å². The monoisotopic (exact) mass is 212 g/mol. The third kappa shape index (κ3) is 1.75. The summed E-state index contributed by atoms with van der Waals surface area (Å²) in [5.41, 5.74) is -1.10. The van der Waals surface area contributed by atoms with Gasteiger partial charge in [0, 0.05) is 6.42 Å². The first-order valence-electron chi connectivity index (χ1n) is 4.64. The molecule has 1 N–H and O–H groups in total. The van der Waals surface area contributed by atoms with Gasteiger partial charge in [0.05, 0.1) is 20.3 Å². The molecule has 1 saturated heterocycles. The summed E-state index contributed by atoms with van der Waals surface area (Å²) in [4.78, 5) is 11.1. The number of furan rings is 1. The molecule has 1 aromatic rings. The quantitative estimate of drug-likeness (QED) is 0.730. The topological polar surface area (TPSA) is 68.9 Å². The highest BCUT2D eigenvalue weighted by Crippen LogP contribution is 2.31. The van der Waals surface area contributed by atoms with E-state index < -0.39 is 11.6 Å². The van der Waals surface area contributed by atoms with Crippen molar-refractivity contribution in [3.05, 3.63) is 23.7 Å². The summed E-state index contributed by atoms with van der Waals surface area (Å²) in [5, 5.41) is 10.1. The lowest BCUT2D eigenvalue weighted by Gasteiger charge is -2.16. The first-order valence-corrected chi connectivity index (χ1v) is 4.64. The summed E-state index contributed by atoms with van der Waals surface area (Å²) in [5.74, 6) is -0.114. The summed E-state index contributed by atoms with van der Waals surface area (Å²) >= 11 is 0. The molecule has 1 aliphatic heterocycles. The van der Waals surface area contributed by atoms with Crippen molar-refractivity contribution in [1.82, 2.24) is 0 Å². The minimum atomic E-state index is -1.10. The number of methoxy groups -OCH3 is 1. The lowest BCUT2D eigenvalue weighted by atomic mass is 10.0. The summed E-state index contributed by atoms with van der Waals surface area (Å²) < 4.78 is 14.8. The first kappa shape index (κ1) is 10.2. The summed E-state index contributed by atoms with van der Waals surface area (Å²) in [6.07, 6.45) is 0.473. The predicted molar refractivity (Wildman–Crippen MR) is 49.4 cm³/mol. The van der Waals surface area contributed by atoms with Crippen molar-refractivity contribution in [3.63, 3.8) is 0 Å². The highest BCUT2D eigenvalue weighted by atomic mass is 16.5. The van der Waals surface area contributed by atoms with Gasteiger partial charge in [-0.25, -0.2) is 4.79 Å². The number of carbonyl (C=O) groups is 1. The van der Waals surface area contributed by atoms with Gasteiger partial charge in [-0.15, -0.1) is 0 Å². The fourth-order valence-electron chi connectivity index (χ4n) is 1.55. The Kier molecular flexibility index (Phi) is 2.50. The largest absolute Gasteiger partial charge is 0.463 e. The minimum absolute atomic E-state index is 0.0906. The van der Waals surface area contributed by atoms with Gasteiger partial charge in [-0.1, -0.05) is 0 Å². The van der Waals surface area contributed by atoms with E-state index in [2.05, 4.69) is 4.74 Å². The molecule has 0 amide bonds. The number of carbonyl (C=O) groups excluding carboxylic acids is 1. The molecule has 0 aliphatic carbocycles. The molecule has 1 unspecified atom stereocenters. The zero-order chi connectivity index (χ0) is 10.9. The van der Waals surface area contributed by atoms with Crippen LogP contribution in [0, 0.1) is 0 Å². The zero-order valence-electron chi connectivity index (χ0n) is 8.36. The van der Waals surface area contributed by atoms with E-state index >= 15 is 0 Å². The molecule has 0 saturated carbocycles. The van der Waals surface area contributed by atoms with Crippen molar-refractivity contribution in [2.75, 3.05) is 20.3 Å². The maximum absolute atomic E-state index is 11.1. The number of rotatable bonds is 2. The molecule has 82 valence electrons. The number of esters is 1. The van der Waals surface area contributed by atoms with Gasteiger partial charge in [-0.3, -0.25) is 0 Å². The van der Waals surface area contributed by atoms with Crippen LogP contribution in [0.15, 0.2) is 16.5 Å². The molecule has 2 rings (SSSR count). The smallest absolute Gasteiger partial charge is 0.373 e. The molecule has 1 aromatic heterocycles. The van der Waals surface area contributed by atoms with Crippen molar-refractivity contribution in [2.45, 2.75) is 12.0 Å². The number of aliphatic hydroxyl groups is 1. The van der Waals surface area contributed by atoms with Gasteiger partial charge in [-0.2, -0.15) is 0 Å². The second-order valence-electron chi connectivity index (χ2n) is 3.49. The zero-order valence-corrected chi connectivity index (χ0v) is 8.36. The molecule has 2 heterocycles. The number of hydrogen-bond donors (Lipinski definition) is 1. The lowest BCUT2D eigenvalue weighted by Crippen LogP contribution is -2.24. The van der Waals surface area contributed by atoms with Crippen molar-refractivity contribution in [2.24, 2.45) is 0 Å². The van der Waals surface area contributed by atoms with Crippen molar-refractivity contribution < 1.29 is 23.8 Å². The van der Waals surface area contributed by atoms with Crippen LogP contribution in [0.1, 0.15) is 22.7 Å². The highest BCUT2D eigenvalue weighted by Gasteiger charge is 2.37. The number of hydrogen-bond acceptors (Lipinski definition) is 5. The van der Waals surface area contributed by atoms with Crippen LogP contribution in [0.2, 0.25) is 0 Å². The number of ether oxygens (including phenoxy) is 2. The van der Waals surface area contributed by atoms with Gasteiger partial charge in [0.1, 0.15) is 11.4 Å². The van der Waals surface area contributed by atoms with Gasteiger partial charge in [-0.05, 0) is 12.1 Å². The van der Waals surface area contributed by atoms with Gasteiger partial charge in [0.25, 0.3) is 0 Å². The molecule has 1 atom stereocenters. The Bertz CT molecular complexity index is 362. The van der Waals surface area contributed by atoms with E-state index in [0.717, 1.165) is 0 Å². The van der Waals surface area contributed by atoms with Gasteiger partial charge in [0.15, 0.2) is 0 Å². The van der Waals surface area contributed by atoms with Crippen LogP contribution in [0.25, 0.3) is 0 Å². The fourth-order valence-corrected chi connectivity index (χ4v) is 1.55. The van der Waals surface area contributed by atoms with E-state index in [1.807, 2.05) is 0 Å². The summed E-state index contributed by atoms with van der Waals surface area (Å²) in [6.45, 7) is 0.686. The van der Waals surface area contributed by atoms with E-state index in [9.17, 15) is 9.90 Å². The van der Waals surface area contributed by atoms with Crippen LogP contribution in [-0.4, -0.2) is 31.4 Å². The Morgan fingerprint density at radius 2 is 2.40 bits per heavy atom. The molecular weight excluding hydrogens is 200 g/mol. The molecule has 0 bridgehead atoms. The fraction of sp³-hybridized carbons (Fsp3) is 0.500. The Morgan fingerprint density at radius 1 is 1.60 bits per heavy atom. The SMILES string of the molecule is COC(=O)c1ccc(C2(O)CCOC2)o1.